The van der Waals surface area contributed by atoms with Gasteiger partial charge in [0.15, 0.2) is 0 Å². The summed E-state index contributed by atoms with van der Waals surface area (Å²) >= 11 is 1.96. The van der Waals surface area contributed by atoms with Crippen LogP contribution >= 0.6 is 11.8 Å². The second kappa shape index (κ2) is 5.48. The van der Waals surface area contributed by atoms with Crippen LogP contribution < -0.4 is 0 Å². The minimum atomic E-state index is 0.282. The van der Waals surface area contributed by atoms with E-state index in [-0.39, 0.29) is 4.75 Å². The third-order valence-corrected chi connectivity index (χ3v) is 3.79. The molecule has 0 N–H and O–H groups in total. The molecule has 0 saturated carbocycles. The number of thioether (sulfide) groups is 1. The van der Waals surface area contributed by atoms with Gasteiger partial charge in [-0.1, -0.05) is 54.5 Å². The number of hydrogen-bond donors (Lipinski definition) is 0. The SMILES string of the molecule is CC(C)c1cc(SC(C)(C)C)cc(C(C)C)c1. The molecule has 1 aromatic carbocycles. The highest BCUT2D eigenvalue weighted by molar-refractivity contribution is 8.00. The molecule has 0 aliphatic carbocycles. The molecule has 0 heterocycles. The Morgan fingerprint density at radius 1 is 0.824 bits per heavy atom. The van der Waals surface area contributed by atoms with Gasteiger partial charge in [0, 0.05) is 9.64 Å². The molecule has 0 spiro atoms. The van der Waals surface area contributed by atoms with Crippen molar-refractivity contribution in [3.63, 3.8) is 0 Å². The summed E-state index contributed by atoms with van der Waals surface area (Å²) in [5.41, 5.74) is 2.92. The van der Waals surface area contributed by atoms with Gasteiger partial charge in [0.2, 0.25) is 0 Å². The lowest BCUT2D eigenvalue weighted by atomic mass is 9.96. The third-order valence-electron chi connectivity index (χ3n) is 2.71. The molecule has 0 aliphatic heterocycles. The zero-order chi connectivity index (χ0) is 13.2. The average molecular weight is 250 g/mol. The van der Waals surface area contributed by atoms with Crippen LogP contribution in [0.1, 0.15) is 71.4 Å². The van der Waals surface area contributed by atoms with E-state index in [1.807, 2.05) is 11.8 Å². The van der Waals surface area contributed by atoms with Gasteiger partial charge in [0.1, 0.15) is 0 Å². The van der Waals surface area contributed by atoms with Crippen LogP contribution in [0.5, 0.6) is 0 Å². The summed E-state index contributed by atoms with van der Waals surface area (Å²) in [4.78, 5) is 1.41. The molecule has 0 radical (unpaired) electrons. The van der Waals surface area contributed by atoms with Gasteiger partial charge in [0.25, 0.3) is 0 Å². The average Bonchev–Trinajstić information content (AvgIpc) is 2.14. The van der Waals surface area contributed by atoms with Crippen LogP contribution in [0.2, 0.25) is 0 Å². The van der Waals surface area contributed by atoms with Crippen molar-refractivity contribution >= 4 is 11.8 Å². The second-order valence-corrected chi connectivity index (χ2v) is 8.26. The molecule has 1 rings (SSSR count). The first-order chi connectivity index (χ1) is 7.69. The number of rotatable bonds is 3. The first-order valence-corrected chi connectivity index (χ1v) is 7.34. The molecule has 0 aromatic heterocycles. The number of hydrogen-bond acceptors (Lipinski definition) is 1. The Kier molecular flexibility index (Phi) is 4.71. The van der Waals surface area contributed by atoms with Crippen molar-refractivity contribution < 1.29 is 0 Å². The normalized spacial score (nSPS) is 12.5. The highest BCUT2D eigenvalue weighted by Crippen LogP contribution is 2.35. The van der Waals surface area contributed by atoms with Gasteiger partial charge < -0.3 is 0 Å². The van der Waals surface area contributed by atoms with Gasteiger partial charge in [-0.2, -0.15) is 0 Å². The van der Waals surface area contributed by atoms with E-state index >= 15 is 0 Å². The standard InChI is InChI=1S/C16H26S/c1-11(2)13-8-14(12(3)4)10-15(9-13)17-16(5,6)7/h8-12H,1-7H3. The molecule has 1 aromatic rings. The lowest BCUT2D eigenvalue weighted by molar-refractivity contribution is 0.798. The Balaban J connectivity index is 3.13. The molecule has 0 unspecified atom stereocenters. The van der Waals surface area contributed by atoms with Crippen LogP contribution in [-0.4, -0.2) is 4.75 Å². The van der Waals surface area contributed by atoms with Crippen molar-refractivity contribution in [2.24, 2.45) is 0 Å². The highest BCUT2D eigenvalue weighted by atomic mass is 32.2. The van der Waals surface area contributed by atoms with Crippen molar-refractivity contribution in [1.82, 2.24) is 0 Å². The molecule has 96 valence electrons. The molecule has 0 bridgehead atoms. The fourth-order valence-electron chi connectivity index (χ4n) is 1.73. The summed E-state index contributed by atoms with van der Waals surface area (Å²) in [5.74, 6) is 1.21. The lowest BCUT2D eigenvalue weighted by Gasteiger charge is -2.20. The molecule has 0 fully saturated rings. The van der Waals surface area contributed by atoms with Crippen LogP contribution in [0.3, 0.4) is 0 Å². The molecule has 17 heavy (non-hydrogen) atoms. The molecular formula is C16H26S. The molecule has 1 heteroatoms. The van der Waals surface area contributed by atoms with Gasteiger partial charge in [-0.3, -0.25) is 0 Å². The van der Waals surface area contributed by atoms with E-state index in [2.05, 4.69) is 66.7 Å². The van der Waals surface area contributed by atoms with E-state index < -0.39 is 0 Å². The Hall–Kier alpha value is -0.430. The maximum absolute atomic E-state index is 2.36. The van der Waals surface area contributed by atoms with Crippen molar-refractivity contribution in [1.29, 1.82) is 0 Å². The van der Waals surface area contributed by atoms with Crippen LogP contribution in [0.15, 0.2) is 23.1 Å². The monoisotopic (exact) mass is 250 g/mol. The molecule has 0 amide bonds. The summed E-state index contributed by atoms with van der Waals surface area (Å²) in [7, 11) is 0. The van der Waals surface area contributed by atoms with Crippen LogP contribution in [-0.2, 0) is 0 Å². The molecular weight excluding hydrogens is 224 g/mol. The Bertz CT molecular complexity index is 343. The van der Waals surface area contributed by atoms with Crippen LogP contribution in [0, 0.1) is 0 Å². The van der Waals surface area contributed by atoms with E-state index in [4.69, 9.17) is 0 Å². The van der Waals surface area contributed by atoms with E-state index in [1.165, 1.54) is 16.0 Å². The van der Waals surface area contributed by atoms with Crippen molar-refractivity contribution in [3.8, 4) is 0 Å². The van der Waals surface area contributed by atoms with Crippen LogP contribution in [0.4, 0.5) is 0 Å². The minimum absolute atomic E-state index is 0.282. The lowest BCUT2D eigenvalue weighted by Crippen LogP contribution is -2.07. The predicted octanol–water partition coefficient (Wildman–Crippen LogP) is 5.82. The largest absolute Gasteiger partial charge is 0.120 e. The third kappa shape index (κ3) is 4.75. The Labute approximate surface area is 111 Å². The maximum Gasteiger partial charge on any atom is 0.0122 e. The van der Waals surface area contributed by atoms with Gasteiger partial charge in [0.05, 0.1) is 0 Å². The first-order valence-electron chi connectivity index (χ1n) is 6.53. The highest BCUT2D eigenvalue weighted by Gasteiger charge is 2.14. The molecule has 0 atom stereocenters. The molecule has 0 nitrogen and oxygen atoms in total. The summed E-state index contributed by atoms with van der Waals surface area (Å²) in [5, 5.41) is 0. The second-order valence-electron chi connectivity index (χ2n) is 6.36. The van der Waals surface area contributed by atoms with Crippen LogP contribution in [0.25, 0.3) is 0 Å². The summed E-state index contributed by atoms with van der Waals surface area (Å²) in [6.07, 6.45) is 0. The Morgan fingerprint density at radius 2 is 1.24 bits per heavy atom. The first kappa shape index (κ1) is 14.6. The fraction of sp³-hybridized carbons (Fsp3) is 0.625. The van der Waals surface area contributed by atoms with Gasteiger partial charge in [-0.15, -0.1) is 11.8 Å². The topological polar surface area (TPSA) is 0 Å². The summed E-state index contributed by atoms with van der Waals surface area (Å²) in [6.45, 7) is 15.9. The van der Waals surface area contributed by atoms with E-state index in [0.29, 0.717) is 11.8 Å². The van der Waals surface area contributed by atoms with E-state index in [1.54, 1.807) is 0 Å². The van der Waals surface area contributed by atoms with Gasteiger partial charge >= 0.3 is 0 Å². The number of benzene rings is 1. The summed E-state index contributed by atoms with van der Waals surface area (Å²) in [6, 6.07) is 7.07. The van der Waals surface area contributed by atoms with Gasteiger partial charge in [-0.25, -0.2) is 0 Å². The predicted molar refractivity (Wildman–Crippen MR) is 80.2 cm³/mol. The fourth-order valence-corrected chi connectivity index (χ4v) is 2.82. The van der Waals surface area contributed by atoms with E-state index in [0.717, 1.165) is 0 Å². The van der Waals surface area contributed by atoms with Crippen molar-refractivity contribution in [2.75, 3.05) is 0 Å². The van der Waals surface area contributed by atoms with Crippen molar-refractivity contribution in [2.45, 2.75) is 69.9 Å². The minimum Gasteiger partial charge on any atom is -0.120 e. The summed E-state index contributed by atoms with van der Waals surface area (Å²) < 4.78 is 0.282. The van der Waals surface area contributed by atoms with Gasteiger partial charge in [-0.05, 0) is 35.1 Å². The quantitative estimate of drug-likeness (QED) is 0.609. The molecule has 0 aliphatic rings. The zero-order valence-electron chi connectivity index (χ0n) is 12.3. The molecule has 0 saturated heterocycles. The zero-order valence-corrected chi connectivity index (χ0v) is 13.1. The van der Waals surface area contributed by atoms with Crippen molar-refractivity contribution in [3.05, 3.63) is 29.3 Å². The smallest absolute Gasteiger partial charge is 0.0122 e. The Morgan fingerprint density at radius 3 is 1.53 bits per heavy atom. The maximum atomic E-state index is 2.36. The van der Waals surface area contributed by atoms with E-state index in [9.17, 15) is 0 Å².